The number of unbranched alkanes of at least 4 members (excludes halogenated alkanes) is 15. The Morgan fingerprint density at radius 3 is 1.62 bits per heavy atom. The Hall–Kier alpha value is -0.610. The predicted molar refractivity (Wildman–Crippen MR) is 127 cm³/mol. The zero-order valence-corrected chi connectivity index (χ0v) is 20.0. The highest BCUT2D eigenvalue weighted by Gasteiger charge is 2.09. The highest BCUT2D eigenvalue weighted by Crippen LogP contribution is 2.13. The van der Waals surface area contributed by atoms with Gasteiger partial charge in [0.05, 0.1) is 6.42 Å². The molecule has 0 saturated heterocycles. The van der Waals surface area contributed by atoms with E-state index in [1.165, 1.54) is 103 Å². The summed E-state index contributed by atoms with van der Waals surface area (Å²) in [6, 6.07) is 0.385. The molecule has 0 fully saturated rings. The number of aliphatic carboxylic acids is 1. The molecule has 0 radical (unpaired) electrons. The molecule has 0 aromatic heterocycles. The van der Waals surface area contributed by atoms with Crippen LogP contribution < -0.4 is 5.32 Å². The Morgan fingerprint density at radius 1 is 0.793 bits per heavy atom. The van der Waals surface area contributed by atoms with Crippen molar-refractivity contribution in [1.82, 2.24) is 10.2 Å². The van der Waals surface area contributed by atoms with Crippen LogP contribution in [0.15, 0.2) is 0 Å². The van der Waals surface area contributed by atoms with Crippen molar-refractivity contribution in [3.63, 3.8) is 0 Å². The second-order valence-corrected chi connectivity index (χ2v) is 8.98. The fourth-order valence-corrected chi connectivity index (χ4v) is 3.76. The van der Waals surface area contributed by atoms with Gasteiger partial charge in [-0.1, -0.05) is 103 Å². The standard InChI is InChI=1S/C25H52N2O2/c1-4-5-6-7-8-9-10-11-12-13-14-15-16-17-18-19-21-26-23-24(2)27(3)22-20-25(28)29/h24,26H,4-23H2,1-3H3,(H,28,29). The van der Waals surface area contributed by atoms with Gasteiger partial charge >= 0.3 is 5.97 Å². The van der Waals surface area contributed by atoms with Gasteiger partial charge in [0.1, 0.15) is 0 Å². The summed E-state index contributed by atoms with van der Waals surface area (Å²) in [6.07, 6.45) is 22.8. The number of carboxylic acid groups (broad SMARTS) is 1. The molecular formula is C25H52N2O2. The number of hydrogen-bond acceptors (Lipinski definition) is 3. The van der Waals surface area contributed by atoms with E-state index in [1.807, 2.05) is 7.05 Å². The second kappa shape index (κ2) is 22.1. The Bertz CT molecular complexity index is 350. The van der Waals surface area contributed by atoms with Crippen LogP contribution in [0.5, 0.6) is 0 Å². The van der Waals surface area contributed by atoms with Gasteiger partial charge in [-0.2, -0.15) is 0 Å². The van der Waals surface area contributed by atoms with Crippen molar-refractivity contribution in [3.8, 4) is 0 Å². The zero-order valence-electron chi connectivity index (χ0n) is 20.0. The molecule has 0 bridgehead atoms. The number of nitrogens with zero attached hydrogens (tertiary/aromatic N) is 1. The molecule has 0 saturated carbocycles. The Labute approximate surface area is 182 Å². The van der Waals surface area contributed by atoms with Crippen molar-refractivity contribution >= 4 is 5.97 Å². The van der Waals surface area contributed by atoms with Crippen molar-refractivity contribution in [2.45, 2.75) is 129 Å². The van der Waals surface area contributed by atoms with E-state index in [2.05, 4.69) is 24.1 Å². The summed E-state index contributed by atoms with van der Waals surface area (Å²) in [5.74, 6) is -0.717. The van der Waals surface area contributed by atoms with E-state index in [-0.39, 0.29) is 6.42 Å². The molecule has 4 heteroatoms. The normalized spacial score (nSPS) is 12.6. The van der Waals surface area contributed by atoms with E-state index in [0.717, 1.165) is 13.1 Å². The molecule has 0 aliphatic carbocycles. The first kappa shape index (κ1) is 28.4. The van der Waals surface area contributed by atoms with Gasteiger partial charge in [-0.15, -0.1) is 0 Å². The summed E-state index contributed by atoms with van der Waals surface area (Å²) < 4.78 is 0. The quantitative estimate of drug-likeness (QED) is 0.185. The average molecular weight is 413 g/mol. The summed E-state index contributed by atoms with van der Waals surface area (Å²) in [4.78, 5) is 12.7. The molecule has 29 heavy (non-hydrogen) atoms. The van der Waals surface area contributed by atoms with Gasteiger partial charge in [-0.3, -0.25) is 4.79 Å². The van der Waals surface area contributed by atoms with E-state index in [9.17, 15) is 4.79 Å². The molecule has 2 N–H and O–H groups in total. The predicted octanol–water partition coefficient (Wildman–Crippen LogP) is 6.63. The number of hydrogen-bond donors (Lipinski definition) is 2. The lowest BCUT2D eigenvalue weighted by molar-refractivity contribution is -0.137. The van der Waals surface area contributed by atoms with Gasteiger partial charge in [-0.05, 0) is 26.9 Å². The van der Waals surface area contributed by atoms with Gasteiger partial charge in [0.2, 0.25) is 0 Å². The van der Waals surface area contributed by atoms with Crippen LogP contribution in [-0.4, -0.2) is 48.7 Å². The third-order valence-corrected chi connectivity index (χ3v) is 6.08. The van der Waals surface area contributed by atoms with E-state index in [4.69, 9.17) is 5.11 Å². The van der Waals surface area contributed by atoms with Crippen LogP contribution in [-0.2, 0) is 4.79 Å². The molecule has 0 aliphatic heterocycles. The van der Waals surface area contributed by atoms with Crippen molar-refractivity contribution < 1.29 is 9.90 Å². The van der Waals surface area contributed by atoms with E-state index < -0.39 is 5.97 Å². The number of likely N-dealkylation sites (N-methyl/N-ethyl adjacent to an activating group) is 1. The first-order valence-electron chi connectivity index (χ1n) is 12.7. The van der Waals surface area contributed by atoms with Crippen LogP contribution >= 0.6 is 0 Å². The largest absolute Gasteiger partial charge is 0.481 e. The maximum atomic E-state index is 10.6. The van der Waals surface area contributed by atoms with Gasteiger partial charge in [0.25, 0.3) is 0 Å². The molecule has 0 aromatic carbocycles. The van der Waals surface area contributed by atoms with Crippen LogP contribution in [0, 0.1) is 0 Å². The monoisotopic (exact) mass is 412 g/mol. The Morgan fingerprint density at radius 2 is 1.21 bits per heavy atom. The molecule has 1 atom stereocenters. The third kappa shape index (κ3) is 21.9. The molecule has 4 nitrogen and oxygen atoms in total. The molecule has 174 valence electrons. The summed E-state index contributed by atoms with van der Waals surface area (Å²) in [7, 11) is 2.00. The number of rotatable bonds is 23. The Balaban J connectivity index is 3.19. The minimum Gasteiger partial charge on any atom is -0.481 e. The minimum atomic E-state index is -0.717. The van der Waals surface area contributed by atoms with Gasteiger partial charge < -0.3 is 15.3 Å². The highest BCUT2D eigenvalue weighted by atomic mass is 16.4. The summed E-state index contributed by atoms with van der Waals surface area (Å²) >= 11 is 0. The first-order valence-corrected chi connectivity index (χ1v) is 12.7. The fraction of sp³-hybridized carbons (Fsp3) is 0.960. The molecule has 1 unspecified atom stereocenters. The lowest BCUT2D eigenvalue weighted by Crippen LogP contribution is -2.39. The summed E-state index contributed by atoms with van der Waals surface area (Å²) in [5.41, 5.74) is 0. The van der Waals surface area contributed by atoms with Crippen LogP contribution in [0.4, 0.5) is 0 Å². The fourth-order valence-electron chi connectivity index (χ4n) is 3.76. The minimum absolute atomic E-state index is 0.222. The number of nitrogens with one attached hydrogen (secondary N) is 1. The summed E-state index contributed by atoms with van der Waals surface area (Å²) in [5, 5.41) is 12.3. The van der Waals surface area contributed by atoms with E-state index >= 15 is 0 Å². The van der Waals surface area contributed by atoms with Gasteiger partial charge in [-0.25, -0.2) is 0 Å². The zero-order chi connectivity index (χ0) is 21.6. The van der Waals surface area contributed by atoms with Crippen molar-refractivity contribution in [2.75, 3.05) is 26.7 Å². The molecule has 0 heterocycles. The van der Waals surface area contributed by atoms with Crippen molar-refractivity contribution in [2.24, 2.45) is 0 Å². The molecule has 0 amide bonds. The van der Waals surface area contributed by atoms with Crippen molar-refractivity contribution in [1.29, 1.82) is 0 Å². The van der Waals surface area contributed by atoms with Crippen LogP contribution in [0.25, 0.3) is 0 Å². The average Bonchev–Trinajstić information content (AvgIpc) is 2.70. The van der Waals surface area contributed by atoms with E-state index in [1.54, 1.807) is 0 Å². The topological polar surface area (TPSA) is 52.6 Å². The lowest BCUT2D eigenvalue weighted by atomic mass is 10.0. The number of carbonyl (C=O) groups is 1. The molecule has 0 aromatic rings. The summed E-state index contributed by atoms with van der Waals surface area (Å²) in [6.45, 7) is 7.08. The molecule has 0 rings (SSSR count). The molecular weight excluding hydrogens is 360 g/mol. The number of carboxylic acids is 1. The van der Waals surface area contributed by atoms with Crippen LogP contribution in [0.1, 0.15) is 123 Å². The third-order valence-electron chi connectivity index (χ3n) is 6.08. The lowest BCUT2D eigenvalue weighted by Gasteiger charge is -2.24. The smallest absolute Gasteiger partial charge is 0.304 e. The molecule has 0 spiro atoms. The first-order chi connectivity index (χ1) is 14.1. The van der Waals surface area contributed by atoms with E-state index in [0.29, 0.717) is 12.6 Å². The second-order valence-electron chi connectivity index (χ2n) is 8.98. The SMILES string of the molecule is CCCCCCCCCCCCCCCCCCNCC(C)N(C)CCC(=O)O. The van der Waals surface area contributed by atoms with Crippen LogP contribution in [0.3, 0.4) is 0 Å². The van der Waals surface area contributed by atoms with Crippen LogP contribution in [0.2, 0.25) is 0 Å². The van der Waals surface area contributed by atoms with Gasteiger partial charge in [0, 0.05) is 19.1 Å². The maximum absolute atomic E-state index is 10.6. The maximum Gasteiger partial charge on any atom is 0.304 e. The van der Waals surface area contributed by atoms with Crippen molar-refractivity contribution in [3.05, 3.63) is 0 Å². The highest BCUT2D eigenvalue weighted by molar-refractivity contribution is 5.66. The Kier molecular flexibility index (Phi) is 21.6. The van der Waals surface area contributed by atoms with Gasteiger partial charge in [0.15, 0.2) is 0 Å². The molecule has 0 aliphatic rings.